The van der Waals surface area contributed by atoms with Gasteiger partial charge in [-0.2, -0.15) is 0 Å². The molecule has 2 aliphatic rings. The Labute approximate surface area is 181 Å². The van der Waals surface area contributed by atoms with Gasteiger partial charge in [-0.05, 0) is 31.7 Å². The van der Waals surface area contributed by atoms with Crippen LogP contribution in [0.4, 0.5) is 5.95 Å². The van der Waals surface area contributed by atoms with E-state index in [-0.39, 0.29) is 23.3 Å². The van der Waals surface area contributed by atoms with E-state index in [0.29, 0.717) is 49.2 Å². The number of piperidine rings is 1. The molecule has 9 nitrogen and oxygen atoms in total. The minimum Gasteiger partial charge on any atom is -0.347 e. The summed E-state index contributed by atoms with van der Waals surface area (Å²) in [6.07, 6.45) is 6.07. The number of aromatic amines is 1. The summed E-state index contributed by atoms with van der Waals surface area (Å²) in [5, 5.41) is 0.467. The van der Waals surface area contributed by atoms with Crippen molar-refractivity contribution in [3.63, 3.8) is 0 Å². The van der Waals surface area contributed by atoms with Gasteiger partial charge < -0.3 is 19.7 Å². The van der Waals surface area contributed by atoms with Gasteiger partial charge in [-0.15, -0.1) is 0 Å². The molecule has 9 heteroatoms. The lowest BCUT2D eigenvalue weighted by molar-refractivity contribution is -0.133. The third kappa shape index (κ3) is 4.70. The third-order valence-corrected chi connectivity index (χ3v) is 6.20. The van der Waals surface area contributed by atoms with Crippen molar-refractivity contribution >= 4 is 28.7 Å². The number of hydrogen-bond acceptors (Lipinski definition) is 6. The first-order valence-corrected chi connectivity index (χ1v) is 11.0. The molecular weight excluding hydrogens is 396 g/mol. The van der Waals surface area contributed by atoms with Crippen molar-refractivity contribution in [2.75, 3.05) is 45.2 Å². The highest BCUT2D eigenvalue weighted by Gasteiger charge is 2.26. The Morgan fingerprint density at radius 2 is 2.10 bits per heavy atom. The summed E-state index contributed by atoms with van der Waals surface area (Å²) in [6, 6.07) is 1.92. The van der Waals surface area contributed by atoms with E-state index in [1.807, 2.05) is 30.0 Å². The van der Waals surface area contributed by atoms with Crippen LogP contribution < -0.4 is 10.5 Å². The number of rotatable bonds is 6. The largest absolute Gasteiger partial charge is 0.347 e. The summed E-state index contributed by atoms with van der Waals surface area (Å²) >= 11 is 0. The molecule has 0 radical (unpaired) electrons. The molecule has 0 spiro atoms. The molecule has 0 aliphatic carbocycles. The molecule has 2 aromatic heterocycles. The highest BCUT2D eigenvalue weighted by atomic mass is 16.2. The van der Waals surface area contributed by atoms with Gasteiger partial charge in [0.25, 0.3) is 5.56 Å². The Morgan fingerprint density at radius 3 is 2.84 bits per heavy atom. The number of pyridine rings is 1. The fraction of sp³-hybridized carbons (Fsp3) is 0.591. The first-order valence-electron chi connectivity index (χ1n) is 11.0. The van der Waals surface area contributed by atoms with Crippen LogP contribution in [0.15, 0.2) is 17.1 Å². The zero-order chi connectivity index (χ0) is 22.0. The van der Waals surface area contributed by atoms with Crippen LogP contribution >= 0.6 is 0 Å². The predicted octanol–water partition coefficient (Wildman–Crippen LogP) is 1.49. The number of anilines is 1. The number of hydrogen-bond donors (Lipinski definition) is 1. The van der Waals surface area contributed by atoms with Gasteiger partial charge in [0.1, 0.15) is 0 Å². The molecule has 1 atom stereocenters. The molecular formula is C22H30N6O3. The third-order valence-electron chi connectivity index (χ3n) is 6.20. The van der Waals surface area contributed by atoms with E-state index < -0.39 is 0 Å². The lowest BCUT2D eigenvalue weighted by atomic mass is 9.93. The number of H-pyrrole nitrogens is 1. The summed E-state index contributed by atoms with van der Waals surface area (Å²) in [5.41, 5.74) is 1.24. The van der Waals surface area contributed by atoms with E-state index in [9.17, 15) is 14.4 Å². The summed E-state index contributed by atoms with van der Waals surface area (Å²) in [7, 11) is 3.72. The molecule has 2 aliphatic heterocycles. The van der Waals surface area contributed by atoms with Crippen LogP contribution in [0.25, 0.3) is 10.9 Å². The monoisotopic (exact) mass is 426 g/mol. The van der Waals surface area contributed by atoms with E-state index in [4.69, 9.17) is 0 Å². The van der Waals surface area contributed by atoms with Crippen molar-refractivity contribution < 1.29 is 9.59 Å². The maximum absolute atomic E-state index is 12.8. The molecule has 2 amide bonds. The molecule has 0 saturated carbocycles. The topological polar surface area (TPSA) is 103 Å². The van der Waals surface area contributed by atoms with E-state index in [0.717, 1.165) is 38.0 Å². The van der Waals surface area contributed by atoms with E-state index >= 15 is 0 Å². The van der Waals surface area contributed by atoms with Crippen LogP contribution in [0.2, 0.25) is 0 Å². The number of carbonyl (C=O) groups excluding carboxylic acids is 2. The fourth-order valence-corrected chi connectivity index (χ4v) is 4.46. The molecule has 0 bridgehead atoms. The minimum absolute atomic E-state index is 0.0766. The maximum atomic E-state index is 12.8. The average Bonchev–Trinajstić information content (AvgIpc) is 3.18. The second kappa shape index (κ2) is 9.03. The lowest BCUT2D eigenvalue weighted by Crippen LogP contribution is -2.40. The predicted molar refractivity (Wildman–Crippen MR) is 118 cm³/mol. The molecule has 1 N–H and O–H groups in total. The number of amides is 2. The van der Waals surface area contributed by atoms with Gasteiger partial charge >= 0.3 is 0 Å². The second-order valence-corrected chi connectivity index (χ2v) is 8.68. The van der Waals surface area contributed by atoms with Gasteiger partial charge in [0.2, 0.25) is 17.8 Å². The highest BCUT2D eigenvalue weighted by molar-refractivity contribution is 5.79. The molecule has 31 heavy (non-hydrogen) atoms. The number of aromatic nitrogens is 3. The quantitative estimate of drug-likeness (QED) is 0.751. The second-order valence-electron chi connectivity index (χ2n) is 8.68. The summed E-state index contributed by atoms with van der Waals surface area (Å²) < 4.78 is 0. The van der Waals surface area contributed by atoms with Gasteiger partial charge in [-0.25, -0.2) is 9.97 Å². The summed E-state index contributed by atoms with van der Waals surface area (Å²) in [6.45, 7) is 2.80. The minimum atomic E-state index is -0.198. The Bertz CT molecular complexity index is 1030. The zero-order valence-corrected chi connectivity index (χ0v) is 18.3. The highest BCUT2D eigenvalue weighted by Crippen LogP contribution is 2.27. The Hall–Kier alpha value is -2.97. The number of nitrogens with zero attached hydrogens (tertiary/aromatic N) is 5. The Morgan fingerprint density at radius 1 is 1.26 bits per heavy atom. The number of nitrogens with one attached hydrogen (secondary N) is 1. The van der Waals surface area contributed by atoms with Crippen LogP contribution in [0.5, 0.6) is 0 Å². The first kappa shape index (κ1) is 21.3. The fourth-order valence-electron chi connectivity index (χ4n) is 4.46. The Kier molecular flexibility index (Phi) is 6.20. The Balaban J connectivity index is 1.42. The van der Waals surface area contributed by atoms with Crippen molar-refractivity contribution in [2.24, 2.45) is 0 Å². The van der Waals surface area contributed by atoms with Gasteiger partial charge in [0.05, 0.1) is 10.9 Å². The van der Waals surface area contributed by atoms with E-state index in [1.54, 1.807) is 11.1 Å². The number of fused-ring (bicyclic) bond motifs is 1. The molecule has 2 saturated heterocycles. The van der Waals surface area contributed by atoms with E-state index in [2.05, 4.69) is 15.0 Å². The smallest absolute Gasteiger partial charge is 0.259 e. The van der Waals surface area contributed by atoms with Crippen LogP contribution in [-0.2, 0) is 9.59 Å². The van der Waals surface area contributed by atoms with Gasteiger partial charge in [0.15, 0.2) is 0 Å². The lowest BCUT2D eigenvalue weighted by Gasteiger charge is -2.33. The van der Waals surface area contributed by atoms with Crippen molar-refractivity contribution in [3.8, 4) is 0 Å². The first-order chi connectivity index (χ1) is 14.9. The van der Waals surface area contributed by atoms with Crippen molar-refractivity contribution in [3.05, 3.63) is 28.3 Å². The summed E-state index contributed by atoms with van der Waals surface area (Å²) in [4.78, 5) is 54.3. The molecule has 0 unspecified atom stereocenters. The van der Waals surface area contributed by atoms with Crippen LogP contribution in [-0.4, -0.2) is 76.8 Å². The molecule has 2 aromatic rings. The van der Waals surface area contributed by atoms with Crippen LogP contribution in [0.3, 0.4) is 0 Å². The van der Waals surface area contributed by atoms with E-state index in [1.165, 1.54) is 0 Å². The molecule has 4 rings (SSSR count). The van der Waals surface area contributed by atoms with Gasteiger partial charge in [-0.1, -0.05) is 0 Å². The van der Waals surface area contributed by atoms with Crippen LogP contribution in [0.1, 0.15) is 50.1 Å². The molecule has 4 heterocycles. The van der Waals surface area contributed by atoms with Gasteiger partial charge in [0, 0.05) is 70.9 Å². The summed E-state index contributed by atoms with van der Waals surface area (Å²) in [5.74, 6) is 0.956. The standard InChI is InChI=1S/C22H30N6O3/c1-26(2)22-23-13-16-18(25-22)12-17(24-21(16)31)15-6-3-11-28(14-15)20(30)8-5-10-27-9-4-7-19(27)29/h12-13,15H,3-11,14H2,1-2H3,(H,24,31)/t15-/m0/s1. The molecule has 166 valence electrons. The van der Waals surface area contributed by atoms with Gasteiger partial charge in [-0.3, -0.25) is 14.4 Å². The molecule has 0 aromatic carbocycles. The average molecular weight is 427 g/mol. The SMILES string of the molecule is CN(C)c1ncc2c(=O)[nH]c([C@H]3CCCN(C(=O)CCCN4CCCC4=O)C3)cc2n1. The van der Waals surface area contributed by atoms with Crippen molar-refractivity contribution in [1.82, 2.24) is 24.8 Å². The normalized spacial score (nSPS) is 19.3. The van der Waals surface area contributed by atoms with Crippen molar-refractivity contribution in [2.45, 2.75) is 44.4 Å². The molecule has 2 fully saturated rings. The maximum Gasteiger partial charge on any atom is 0.259 e. The van der Waals surface area contributed by atoms with Crippen molar-refractivity contribution in [1.29, 1.82) is 0 Å². The number of likely N-dealkylation sites (tertiary alicyclic amines) is 2. The van der Waals surface area contributed by atoms with Crippen LogP contribution in [0, 0.1) is 0 Å². The zero-order valence-electron chi connectivity index (χ0n) is 18.3. The number of carbonyl (C=O) groups is 2.